The molecule has 0 aliphatic carbocycles. The third kappa shape index (κ3) is 2.61. The van der Waals surface area contributed by atoms with E-state index < -0.39 is 6.09 Å². The number of carboxylic acid groups (broad SMARTS) is 1. The van der Waals surface area contributed by atoms with Crippen LogP contribution in [-0.2, 0) is 0 Å². The fourth-order valence-corrected chi connectivity index (χ4v) is 2.54. The van der Waals surface area contributed by atoms with Crippen LogP contribution in [-0.4, -0.2) is 40.9 Å². The van der Waals surface area contributed by atoms with Crippen LogP contribution in [0.5, 0.6) is 0 Å². The van der Waals surface area contributed by atoms with E-state index in [2.05, 4.69) is 0 Å². The average molecular weight is 253 g/mol. The lowest BCUT2D eigenvalue weighted by Gasteiger charge is -2.36. The molecule has 1 aliphatic heterocycles. The molecular weight excluding hydrogens is 237 g/mol. The molecule has 0 spiro atoms. The van der Waals surface area contributed by atoms with Crippen molar-refractivity contribution in [2.24, 2.45) is 5.92 Å². The van der Waals surface area contributed by atoms with Gasteiger partial charge in [0.2, 0.25) is 0 Å². The van der Waals surface area contributed by atoms with E-state index in [4.69, 9.17) is 5.11 Å². The van der Waals surface area contributed by atoms with Crippen molar-refractivity contribution in [3.63, 3.8) is 0 Å². The Kier molecular flexibility index (Phi) is 3.81. The molecule has 98 valence electrons. The van der Waals surface area contributed by atoms with Gasteiger partial charge in [-0.25, -0.2) is 9.18 Å². The van der Waals surface area contributed by atoms with E-state index in [0.717, 1.165) is 5.56 Å². The molecule has 0 radical (unpaired) electrons. The Morgan fingerprint density at radius 1 is 1.39 bits per heavy atom. The van der Waals surface area contributed by atoms with Crippen LogP contribution in [0.15, 0.2) is 24.3 Å². The molecule has 1 aliphatic rings. The summed E-state index contributed by atoms with van der Waals surface area (Å²) in [6.07, 6.45) is -0.297. The molecule has 0 bridgehead atoms. The van der Waals surface area contributed by atoms with Crippen molar-refractivity contribution in [2.45, 2.75) is 12.3 Å². The van der Waals surface area contributed by atoms with Crippen molar-refractivity contribution in [3.8, 4) is 0 Å². The van der Waals surface area contributed by atoms with Gasteiger partial charge in [0, 0.05) is 25.6 Å². The number of nitrogens with zero attached hydrogens (tertiary/aromatic N) is 1. The Morgan fingerprint density at radius 2 is 2.06 bits per heavy atom. The smallest absolute Gasteiger partial charge is 0.407 e. The van der Waals surface area contributed by atoms with Crippen molar-refractivity contribution in [3.05, 3.63) is 35.6 Å². The van der Waals surface area contributed by atoms with Crippen LogP contribution in [0.4, 0.5) is 9.18 Å². The second-order valence-corrected chi connectivity index (χ2v) is 4.62. The van der Waals surface area contributed by atoms with Gasteiger partial charge in [-0.1, -0.05) is 12.1 Å². The first-order valence-electron chi connectivity index (χ1n) is 5.96. The Labute approximate surface area is 105 Å². The summed E-state index contributed by atoms with van der Waals surface area (Å²) in [6, 6.07) is 6.21. The topological polar surface area (TPSA) is 60.8 Å². The molecule has 5 heteroatoms. The zero-order valence-electron chi connectivity index (χ0n) is 9.92. The minimum absolute atomic E-state index is 0.0637. The van der Waals surface area contributed by atoms with Crippen molar-refractivity contribution in [2.75, 3.05) is 19.7 Å². The predicted molar refractivity (Wildman–Crippen MR) is 63.9 cm³/mol. The van der Waals surface area contributed by atoms with Gasteiger partial charge in [-0.05, 0) is 30.0 Å². The number of aliphatic hydroxyl groups excluding tert-OH is 1. The summed E-state index contributed by atoms with van der Waals surface area (Å²) in [7, 11) is 0. The summed E-state index contributed by atoms with van der Waals surface area (Å²) in [5, 5.41) is 18.3. The first-order valence-corrected chi connectivity index (χ1v) is 5.96. The quantitative estimate of drug-likeness (QED) is 0.846. The highest BCUT2D eigenvalue weighted by atomic mass is 19.1. The molecule has 1 aromatic carbocycles. The zero-order valence-corrected chi connectivity index (χ0v) is 9.92. The molecular formula is C13H16FNO3. The van der Waals surface area contributed by atoms with Gasteiger partial charge in [-0.2, -0.15) is 0 Å². The summed E-state index contributed by atoms with van der Waals surface area (Å²) < 4.78 is 12.9. The molecule has 2 rings (SSSR count). The fraction of sp³-hybridized carbons (Fsp3) is 0.462. The van der Waals surface area contributed by atoms with Gasteiger partial charge in [-0.3, -0.25) is 0 Å². The maximum atomic E-state index is 12.9. The van der Waals surface area contributed by atoms with Crippen LogP contribution in [0.25, 0.3) is 0 Å². The van der Waals surface area contributed by atoms with Crippen molar-refractivity contribution in [1.29, 1.82) is 0 Å². The number of carbonyl (C=O) groups is 1. The van der Waals surface area contributed by atoms with Crippen molar-refractivity contribution < 1.29 is 19.4 Å². The van der Waals surface area contributed by atoms with Crippen LogP contribution in [0, 0.1) is 11.7 Å². The molecule has 4 nitrogen and oxygen atoms in total. The zero-order chi connectivity index (χ0) is 13.1. The molecule has 1 amide bonds. The number of hydrogen-bond acceptors (Lipinski definition) is 2. The number of benzene rings is 1. The van der Waals surface area contributed by atoms with Crippen molar-refractivity contribution >= 4 is 6.09 Å². The van der Waals surface area contributed by atoms with Gasteiger partial charge in [0.15, 0.2) is 0 Å². The Bertz CT molecular complexity index is 421. The Hall–Kier alpha value is -1.62. The summed E-state index contributed by atoms with van der Waals surface area (Å²) >= 11 is 0. The second kappa shape index (κ2) is 5.35. The number of hydrogen-bond donors (Lipinski definition) is 2. The highest BCUT2D eigenvalue weighted by Gasteiger charge is 2.31. The standard InChI is InChI=1S/C13H16FNO3/c14-11-3-1-9(2-4-11)12-5-6-15(13(17)18)7-10(12)8-16/h1-4,10,12,16H,5-8H2,(H,17,18). The minimum atomic E-state index is -0.953. The molecule has 0 saturated carbocycles. The largest absolute Gasteiger partial charge is 0.465 e. The Morgan fingerprint density at radius 3 is 2.61 bits per heavy atom. The first kappa shape index (κ1) is 12.8. The van der Waals surface area contributed by atoms with Crippen LogP contribution < -0.4 is 0 Å². The first-order chi connectivity index (χ1) is 8.61. The predicted octanol–water partition coefficient (Wildman–Crippen LogP) is 1.90. The van der Waals surface area contributed by atoms with E-state index in [1.807, 2.05) is 0 Å². The number of aliphatic hydroxyl groups is 1. The van der Waals surface area contributed by atoms with E-state index in [1.54, 1.807) is 12.1 Å². The summed E-state index contributed by atoms with van der Waals surface area (Å²) in [5.41, 5.74) is 0.959. The number of likely N-dealkylation sites (tertiary alicyclic amines) is 1. The molecule has 1 aromatic rings. The van der Waals surface area contributed by atoms with Crippen LogP contribution in [0.2, 0.25) is 0 Å². The van der Waals surface area contributed by atoms with Gasteiger partial charge >= 0.3 is 6.09 Å². The lowest BCUT2D eigenvalue weighted by molar-refractivity contribution is 0.0886. The monoisotopic (exact) mass is 253 g/mol. The van der Waals surface area contributed by atoms with E-state index in [0.29, 0.717) is 19.5 Å². The van der Waals surface area contributed by atoms with Gasteiger partial charge in [-0.15, -0.1) is 0 Å². The van der Waals surface area contributed by atoms with Gasteiger partial charge in [0.05, 0.1) is 0 Å². The second-order valence-electron chi connectivity index (χ2n) is 4.62. The molecule has 18 heavy (non-hydrogen) atoms. The number of halogens is 1. The summed E-state index contributed by atoms with van der Waals surface area (Å²) in [5.74, 6) is -0.325. The molecule has 1 fully saturated rings. The third-order valence-corrected chi connectivity index (χ3v) is 3.54. The van der Waals surface area contributed by atoms with E-state index in [1.165, 1.54) is 17.0 Å². The van der Waals surface area contributed by atoms with E-state index in [9.17, 15) is 14.3 Å². The van der Waals surface area contributed by atoms with Gasteiger partial charge in [0.1, 0.15) is 5.82 Å². The maximum Gasteiger partial charge on any atom is 0.407 e. The van der Waals surface area contributed by atoms with E-state index in [-0.39, 0.29) is 24.3 Å². The summed E-state index contributed by atoms with van der Waals surface area (Å²) in [6.45, 7) is 0.716. The van der Waals surface area contributed by atoms with Gasteiger partial charge in [0.25, 0.3) is 0 Å². The molecule has 2 unspecified atom stereocenters. The minimum Gasteiger partial charge on any atom is -0.465 e. The molecule has 1 heterocycles. The normalized spacial score (nSPS) is 24.0. The molecule has 2 atom stereocenters. The number of piperidine rings is 1. The Balaban J connectivity index is 2.14. The molecule has 2 N–H and O–H groups in total. The van der Waals surface area contributed by atoms with Crippen LogP contribution in [0.3, 0.4) is 0 Å². The SMILES string of the molecule is O=C(O)N1CCC(c2ccc(F)cc2)C(CO)C1. The number of amides is 1. The fourth-order valence-electron chi connectivity index (χ4n) is 2.54. The molecule has 1 saturated heterocycles. The summed E-state index contributed by atoms with van der Waals surface area (Å²) in [4.78, 5) is 12.2. The highest BCUT2D eigenvalue weighted by Crippen LogP contribution is 2.32. The van der Waals surface area contributed by atoms with Crippen LogP contribution >= 0.6 is 0 Å². The lowest BCUT2D eigenvalue weighted by atomic mass is 9.81. The van der Waals surface area contributed by atoms with E-state index >= 15 is 0 Å². The average Bonchev–Trinajstić information content (AvgIpc) is 2.39. The molecule has 0 aromatic heterocycles. The third-order valence-electron chi connectivity index (χ3n) is 3.54. The lowest BCUT2D eigenvalue weighted by Crippen LogP contribution is -2.43. The maximum absolute atomic E-state index is 12.9. The van der Waals surface area contributed by atoms with Crippen molar-refractivity contribution in [1.82, 2.24) is 4.90 Å². The number of rotatable bonds is 2. The highest BCUT2D eigenvalue weighted by molar-refractivity contribution is 5.65. The van der Waals surface area contributed by atoms with Gasteiger partial charge < -0.3 is 15.1 Å². The van der Waals surface area contributed by atoms with Crippen LogP contribution in [0.1, 0.15) is 17.9 Å².